The molecular weight excluding hydrogens is 587 g/mol. The van der Waals surface area contributed by atoms with Crippen LogP contribution in [-0.4, -0.2) is 20.0 Å². The van der Waals surface area contributed by atoms with Gasteiger partial charge in [0, 0.05) is 5.56 Å². The van der Waals surface area contributed by atoms with Gasteiger partial charge in [0.05, 0.1) is 5.41 Å². The van der Waals surface area contributed by atoms with Crippen molar-refractivity contribution in [1.82, 2.24) is 20.0 Å². The molecule has 0 aliphatic heterocycles. The molecule has 5 heteroatoms. The van der Waals surface area contributed by atoms with Gasteiger partial charge in [0.1, 0.15) is 16.9 Å². The number of hydrogen-bond donors (Lipinski definition) is 1. The Bertz CT molecular complexity index is 2080. The van der Waals surface area contributed by atoms with E-state index in [4.69, 9.17) is 21.0 Å². The van der Waals surface area contributed by atoms with E-state index in [1.165, 1.54) is 0 Å². The number of aromatic nitrogens is 4. The second-order valence-electron chi connectivity index (χ2n) is 11.9. The summed E-state index contributed by atoms with van der Waals surface area (Å²) in [6, 6.07) is 64.8. The molecule has 230 valence electrons. The van der Waals surface area contributed by atoms with Crippen LogP contribution >= 0.6 is 0 Å². The first-order valence-corrected chi connectivity index (χ1v) is 16.1. The third-order valence-corrected chi connectivity index (χ3v) is 9.37. The fraction of sp³-hybridized carbons (Fsp3) is 0.0465. The minimum atomic E-state index is -0.880. The molecule has 48 heavy (non-hydrogen) atoms. The average molecular weight is 620 g/mol. The SMILES string of the molecule is Nc1nc2c(cc1C(c1ccccc1)(c1ccccc1)c1ccccc1)nnn2C(c1ccccc1)(c1ccccc1)c1ccccc1. The van der Waals surface area contributed by atoms with Crippen molar-refractivity contribution in [2.75, 3.05) is 5.73 Å². The van der Waals surface area contributed by atoms with Gasteiger partial charge in [-0.25, -0.2) is 9.67 Å². The molecule has 5 nitrogen and oxygen atoms in total. The van der Waals surface area contributed by atoms with E-state index in [9.17, 15) is 0 Å². The van der Waals surface area contributed by atoms with Crippen molar-refractivity contribution in [3.63, 3.8) is 0 Å². The molecule has 8 rings (SSSR count). The molecule has 0 unspecified atom stereocenters. The molecule has 0 fully saturated rings. The highest BCUT2D eigenvalue weighted by atomic mass is 15.5. The highest BCUT2D eigenvalue weighted by molar-refractivity contribution is 5.79. The Hall–Kier alpha value is -6.33. The Morgan fingerprint density at radius 2 is 0.771 bits per heavy atom. The molecule has 0 saturated carbocycles. The first kappa shape index (κ1) is 29.1. The van der Waals surface area contributed by atoms with E-state index in [-0.39, 0.29) is 0 Å². The number of anilines is 1. The highest BCUT2D eigenvalue weighted by Gasteiger charge is 2.44. The van der Waals surface area contributed by atoms with Crippen LogP contribution in [0.25, 0.3) is 11.2 Å². The van der Waals surface area contributed by atoms with Crippen molar-refractivity contribution in [3.8, 4) is 0 Å². The van der Waals surface area contributed by atoms with Gasteiger partial charge < -0.3 is 5.73 Å². The Kier molecular flexibility index (Phi) is 7.35. The fourth-order valence-corrected chi connectivity index (χ4v) is 7.33. The van der Waals surface area contributed by atoms with Crippen molar-refractivity contribution in [2.45, 2.75) is 11.0 Å². The minimum absolute atomic E-state index is 0.408. The first-order valence-electron chi connectivity index (χ1n) is 16.1. The number of fused-ring (bicyclic) bond motifs is 1. The summed E-state index contributed by atoms with van der Waals surface area (Å²) < 4.78 is 1.94. The van der Waals surface area contributed by atoms with Gasteiger partial charge in [-0.1, -0.05) is 187 Å². The lowest BCUT2D eigenvalue weighted by Crippen LogP contribution is -2.39. The summed E-state index contributed by atoms with van der Waals surface area (Å²) in [6.45, 7) is 0. The van der Waals surface area contributed by atoms with Crippen LogP contribution in [0.2, 0.25) is 0 Å². The molecule has 0 bridgehead atoms. The molecule has 0 spiro atoms. The number of nitrogens with zero attached hydrogens (tertiary/aromatic N) is 4. The maximum Gasteiger partial charge on any atom is 0.182 e. The number of hydrogen-bond acceptors (Lipinski definition) is 4. The van der Waals surface area contributed by atoms with Crippen molar-refractivity contribution in [3.05, 3.63) is 227 Å². The number of nitrogen functional groups attached to an aromatic ring is 1. The largest absolute Gasteiger partial charge is 0.383 e. The molecule has 0 radical (unpaired) electrons. The molecule has 2 aromatic heterocycles. The zero-order valence-corrected chi connectivity index (χ0v) is 26.3. The molecule has 0 aliphatic rings. The lowest BCUT2D eigenvalue weighted by atomic mass is 9.65. The molecule has 0 atom stereocenters. The fourth-order valence-electron chi connectivity index (χ4n) is 7.33. The zero-order chi connectivity index (χ0) is 32.4. The highest BCUT2D eigenvalue weighted by Crippen LogP contribution is 2.48. The van der Waals surface area contributed by atoms with Crippen LogP contribution in [0.15, 0.2) is 188 Å². The molecule has 8 aromatic rings. The van der Waals surface area contributed by atoms with Crippen LogP contribution in [0, 0.1) is 0 Å². The number of benzene rings is 6. The van der Waals surface area contributed by atoms with Crippen LogP contribution in [0.1, 0.15) is 38.9 Å². The van der Waals surface area contributed by atoms with E-state index in [1.54, 1.807) is 0 Å². The second kappa shape index (κ2) is 12.1. The molecule has 0 aliphatic carbocycles. The third kappa shape index (κ3) is 4.51. The van der Waals surface area contributed by atoms with E-state index < -0.39 is 11.0 Å². The quantitative estimate of drug-likeness (QED) is 0.173. The third-order valence-electron chi connectivity index (χ3n) is 9.37. The normalized spacial score (nSPS) is 11.8. The predicted molar refractivity (Wildman–Crippen MR) is 193 cm³/mol. The Labute approximate surface area is 280 Å². The van der Waals surface area contributed by atoms with Gasteiger partial charge in [-0.05, 0) is 39.4 Å². The monoisotopic (exact) mass is 619 g/mol. The van der Waals surface area contributed by atoms with E-state index in [1.807, 2.05) is 41.1 Å². The number of rotatable bonds is 8. The molecular formula is C43H33N5. The zero-order valence-electron chi connectivity index (χ0n) is 26.3. The topological polar surface area (TPSA) is 69.6 Å². The average Bonchev–Trinajstić information content (AvgIpc) is 3.58. The van der Waals surface area contributed by atoms with E-state index in [2.05, 4.69) is 152 Å². The number of pyridine rings is 1. The van der Waals surface area contributed by atoms with Crippen molar-refractivity contribution in [1.29, 1.82) is 0 Å². The summed E-state index contributed by atoms with van der Waals surface area (Å²) in [5, 5.41) is 9.78. The summed E-state index contributed by atoms with van der Waals surface area (Å²) in [5.41, 5.74) is 14.0. The molecule has 2 N–H and O–H groups in total. The first-order chi connectivity index (χ1) is 23.7. The van der Waals surface area contributed by atoms with E-state index >= 15 is 0 Å². The van der Waals surface area contributed by atoms with E-state index in [0.29, 0.717) is 17.0 Å². The summed E-state index contributed by atoms with van der Waals surface area (Å²) in [5.74, 6) is 0.408. The van der Waals surface area contributed by atoms with Gasteiger partial charge in [0.2, 0.25) is 0 Å². The number of nitrogens with two attached hydrogens (primary N) is 1. The Morgan fingerprint density at radius 1 is 0.438 bits per heavy atom. The predicted octanol–water partition coefficient (Wildman–Crippen LogP) is 8.63. The van der Waals surface area contributed by atoms with Gasteiger partial charge in [-0.2, -0.15) is 0 Å². The molecule has 0 saturated heterocycles. The van der Waals surface area contributed by atoms with E-state index in [0.717, 1.165) is 38.9 Å². The maximum atomic E-state index is 7.19. The molecule has 2 heterocycles. The standard InChI is InChI=1S/C43H33N5/c44-40-38(42(32-19-7-1-8-20-32,33-21-9-2-10-22-33)34-23-11-3-12-24-34)31-39-41(45-40)48(47-46-39)43(35-25-13-4-14-26-35,36-27-15-5-16-28-36)37-29-17-6-18-30-37/h1-31H,(H2,44,45). The van der Waals surface area contributed by atoms with Crippen molar-refractivity contribution in [2.24, 2.45) is 0 Å². The molecule has 0 amide bonds. The minimum Gasteiger partial charge on any atom is -0.383 e. The van der Waals surface area contributed by atoms with Crippen LogP contribution in [0.5, 0.6) is 0 Å². The summed E-state index contributed by atoms with van der Waals surface area (Å²) >= 11 is 0. The van der Waals surface area contributed by atoms with Gasteiger partial charge in [0.15, 0.2) is 5.65 Å². The van der Waals surface area contributed by atoms with Crippen LogP contribution in [0.4, 0.5) is 5.82 Å². The van der Waals surface area contributed by atoms with Crippen molar-refractivity contribution < 1.29 is 0 Å². The summed E-state index contributed by atoms with van der Waals surface area (Å²) in [6.07, 6.45) is 0. The van der Waals surface area contributed by atoms with Gasteiger partial charge in [-0.15, -0.1) is 5.10 Å². The van der Waals surface area contributed by atoms with Crippen LogP contribution < -0.4 is 5.73 Å². The summed E-state index contributed by atoms with van der Waals surface area (Å²) in [4.78, 5) is 5.24. The van der Waals surface area contributed by atoms with Crippen LogP contribution in [-0.2, 0) is 11.0 Å². The second-order valence-corrected chi connectivity index (χ2v) is 11.9. The molecule has 6 aromatic carbocycles. The van der Waals surface area contributed by atoms with Gasteiger partial charge in [0.25, 0.3) is 0 Å². The van der Waals surface area contributed by atoms with Gasteiger partial charge in [-0.3, -0.25) is 0 Å². The van der Waals surface area contributed by atoms with Crippen LogP contribution in [0.3, 0.4) is 0 Å². The smallest absolute Gasteiger partial charge is 0.182 e. The van der Waals surface area contributed by atoms with Gasteiger partial charge >= 0.3 is 0 Å². The maximum absolute atomic E-state index is 7.19. The lowest BCUT2D eigenvalue weighted by molar-refractivity contribution is 0.458. The Morgan fingerprint density at radius 3 is 1.12 bits per heavy atom. The Balaban J connectivity index is 1.47. The summed E-state index contributed by atoms with van der Waals surface area (Å²) in [7, 11) is 0. The lowest BCUT2D eigenvalue weighted by Gasteiger charge is -2.37. The van der Waals surface area contributed by atoms with Crippen molar-refractivity contribution >= 4 is 17.0 Å².